The fourth-order valence-electron chi connectivity index (χ4n) is 6.51. The molecule has 1 heterocycles. The summed E-state index contributed by atoms with van der Waals surface area (Å²) in [7, 11) is 5.58. The number of hydrogen-bond donors (Lipinski definition) is 2. The number of anilines is 1. The number of benzene rings is 1. The third-order valence-electron chi connectivity index (χ3n) is 8.30. The summed E-state index contributed by atoms with van der Waals surface area (Å²) in [5.41, 5.74) is 2.03. The van der Waals surface area contributed by atoms with Crippen LogP contribution in [-0.4, -0.2) is 65.5 Å². The Morgan fingerprint density at radius 1 is 1.25 bits per heavy atom. The number of hydrogen-bond acceptors (Lipinski definition) is 6. The van der Waals surface area contributed by atoms with E-state index in [2.05, 4.69) is 19.2 Å². The number of fused-ring (bicyclic) bond motifs is 2. The maximum atomic E-state index is 13.4. The van der Waals surface area contributed by atoms with Crippen molar-refractivity contribution in [3.8, 4) is 0 Å². The molecule has 2 amide bonds. The van der Waals surface area contributed by atoms with E-state index in [-0.39, 0.29) is 40.9 Å². The molecule has 7 nitrogen and oxygen atoms in total. The van der Waals surface area contributed by atoms with Gasteiger partial charge in [0.05, 0.1) is 18.3 Å². The van der Waals surface area contributed by atoms with E-state index in [4.69, 9.17) is 4.98 Å². The van der Waals surface area contributed by atoms with Gasteiger partial charge in [0.1, 0.15) is 0 Å². The summed E-state index contributed by atoms with van der Waals surface area (Å²) in [6, 6.07) is 10.0. The van der Waals surface area contributed by atoms with E-state index in [1.54, 1.807) is 16.2 Å². The minimum absolute atomic E-state index is 0.0193. The van der Waals surface area contributed by atoms with Crippen molar-refractivity contribution in [2.45, 2.75) is 58.6 Å². The molecule has 196 valence electrons. The summed E-state index contributed by atoms with van der Waals surface area (Å²) in [6.07, 6.45) is 2.06. The first kappa shape index (κ1) is 26.8. The number of aromatic nitrogens is 1. The summed E-state index contributed by atoms with van der Waals surface area (Å²) in [5.74, 6) is -0.272. The zero-order chi connectivity index (χ0) is 26.2. The van der Waals surface area contributed by atoms with Gasteiger partial charge in [-0.25, -0.2) is 4.98 Å². The number of rotatable bonds is 7. The number of aliphatic hydroxyl groups excluding tert-OH is 1. The van der Waals surface area contributed by atoms with Gasteiger partial charge >= 0.3 is 0 Å². The zero-order valence-electron chi connectivity index (χ0n) is 22.3. The number of amides is 2. The van der Waals surface area contributed by atoms with E-state index in [0.717, 1.165) is 30.5 Å². The molecule has 0 spiro atoms. The van der Waals surface area contributed by atoms with Gasteiger partial charge in [0, 0.05) is 30.3 Å². The quantitative estimate of drug-likeness (QED) is 0.586. The SMILES string of the molecule is C[C@H](C(=O)N(C)Cc1ccccc1)[C@H]1CC[C@]2(C)Cc3sc(NC(=O)CN(C)C)nc3[C@@H](C)[C@@H]2[C@H]1O. The van der Waals surface area contributed by atoms with Crippen molar-refractivity contribution in [2.75, 3.05) is 33.0 Å². The molecule has 2 N–H and O–H groups in total. The van der Waals surface area contributed by atoms with Gasteiger partial charge < -0.3 is 20.2 Å². The average Bonchev–Trinajstić information content (AvgIpc) is 3.20. The third kappa shape index (κ3) is 5.36. The highest BCUT2D eigenvalue weighted by Gasteiger charge is 2.54. The summed E-state index contributed by atoms with van der Waals surface area (Å²) >= 11 is 1.56. The lowest BCUT2D eigenvalue weighted by atomic mass is 9.53. The molecule has 1 fully saturated rings. The fraction of sp³-hybridized carbons (Fsp3) is 0.607. The van der Waals surface area contributed by atoms with Gasteiger partial charge in [-0.05, 0) is 56.2 Å². The molecular weight excluding hydrogens is 472 g/mol. The van der Waals surface area contributed by atoms with Crippen molar-refractivity contribution in [3.63, 3.8) is 0 Å². The Balaban J connectivity index is 1.49. The van der Waals surface area contributed by atoms with Crippen LogP contribution in [0.1, 0.15) is 55.7 Å². The molecule has 2 aliphatic carbocycles. The number of thiazole rings is 1. The predicted octanol–water partition coefficient (Wildman–Crippen LogP) is 3.99. The molecule has 1 saturated carbocycles. The van der Waals surface area contributed by atoms with Gasteiger partial charge in [0.25, 0.3) is 0 Å². The Kier molecular flexibility index (Phi) is 7.88. The lowest BCUT2D eigenvalue weighted by molar-refractivity contribution is -0.144. The normalized spacial score (nSPS) is 28.2. The molecule has 0 unspecified atom stereocenters. The Bertz CT molecular complexity index is 1090. The van der Waals surface area contributed by atoms with E-state index >= 15 is 0 Å². The fourth-order valence-corrected chi connectivity index (χ4v) is 7.79. The van der Waals surface area contributed by atoms with Crippen LogP contribution in [0.25, 0.3) is 0 Å². The second-order valence-corrected chi connectivity index (χ2v) is 12.5. The average molecular weight is 513 g/mol. The molecule has 8 heteroatoms. The van der Waals surface area contributed by atoms with Crippen molar-refractivity contribution in [3.05, 3.63) is 46.5 Å². The molecule has 1 aromatic carbocycles. The molecule has 6 atom stereocenters. The van der Waals surface area contributed by atoms with Crippen LogP contribution in [0.3, 0.4) is 0 Å². The Morgan fingerprint density at radius 2 is 1.94 bits per heavy atom. The van der Waals surface area contributed by atoms with E-state index in [1.807, 2.05) is 63.3 Å². The summed E-state index contributed by atoms with van der Waals surface area (Å²) in [4.78, 5) is 35.2. The molecule has 4 rings (SSSR count). The van der Waals surface area contributed by atoms with Gasteiger partial charge in [0.2, 0.25) is 11.8 Å². The number of nitrogens with one attached hydrogen (secondary N) is 1. The molecular formula is C28H40N4O3S. The maximum Gasteiger partial charge on any atom is 0.240 e. The number of aliphatic hydroxyl groups is 1. The van der Waals surface area contributed by atoms with Crippen molar-refractivity contribution in [1.82, 2.24) is 14.8 Å². The molecule has 0 bridgehead atoms. The lowest BCUT2D eigenvalue weighted by Crippen LogP contribution is -2.53. The molecule has 2 aromatic rings. The van der Waals surface area contributed by atoms with Crippen molar-refractivity contribution in [1.29, 1.82) is 0 Å². The Morgan fingerprint density at radius 3 is 2.61 bits per heavy atom. The maximum absolute atomic E-state index is 13.4. The third-order valence-corrected chi connectivity index (χ3v) is 9.29. The van der Waals surface area contributed by atoms with Crippen LogP contribution in [0, 0.1) is 23.2 Å². The van der Waals surface area contributed by atoms with Gasteiger partial charge in [-0.1, -0.05) is 51.1 Å². The van der Waals surface area contributed by atoms with Gasteiger partial charge in [-0.15, -0.1) is 11.3 Å². The highest BCUT2D eigenvalue weighted by atomic mass is 32.1. The number of likely N-dealkylation sites (N-methyl/N-ethyl adjacent to an activating group) is 1. The zero-order valence-corrected chi connectivity index (χ0v) is 23.1. The van der Waals surface area contributed by atoms with Gasteiger partial charge in [-0.2, -0.15) is 0 Å². The first-order valence-corrected chi connectivity index (χ1v) is 13.7. The summed E-state index contributed by atoms with van der Waals surface area (Å²) in [6.45, 7) is 7.26. The largest absolute Gasteiger partial charge is 0.392 e. The standard InChI is InChI=1S/C28H40N4O3S/c1-17(26(35)32(6)15-19-10-8-7-9-11-19)20-12-13-28(3)14-21-24(18(2)23(28)25(20)34)30-27(36-21)29-22(33)16-31(4)5/h7-11,17-18,20,23,25,34H,12-16H2,1-6H3,(H,29,30,33)/t17-,18-,20+,23+,25-,28+/m0/s1. The number of carbonyl (C=O) groups is 2. The first-order valence-electron chi connectivity index (χ1n) is 12.9. The van der Waals surface area contributed by atoms with Crippen LogP contribution in [0.2, 0.25) is 0 Å². The van der Waals surface area contributed by atoms with Crippen molar-refractivity contribution >= 4 is 28.3 Å². The molecule has 0 aliphatic heterocycles. The Labute approximate surface area is 218 Å². The van der Waals surface area contributed by atoms with E-state index in [0.29, 0.717) is 18.2 Å². The van der Waals surface area contributed by atoms with Crippen LogP contribution >= 0.6 is 11.3 Å². The monoisotopic (exact) mass is 512 g/mol. The van der Waals surface area contributed by atoms with Crippen LogP contribution in [0.5, 0.6) is 0 Å². The number of nitrogens with zero attached hydrogens (tertiary/aromatic N) is 3. The highest BCUT2D eigenvalue weighted by Crippen LogP contribution is 2.57. The summed E-state index contributed by atoms with van der Waals surface area (Å²) < 4.78 is 0. The first-order chi connectivity index (χ1) is 17.0. The summed E-state index contributed by atoms with van der Waals surface area (Å²) in [5, 5.41) is 15.3. The van der Waals surface area contributed by atoms with E-state index in [9.17, 15) is 14.7 Å². The predicted molar refractivity (Wildman–Crippen MR) is 144 cm³/mol. The number of carbonyl (C=O) groups excluding carboxylic acids is 2. The molecule has 36 heavy (non-hydrogen) atoms. The highest BCUT2D eigenvalue weighted by molar-refractivity contribution is 7.15. The Hall–Kier alpha value is -2.29. The minimum Gasteiger partial charge on any atom is -0.392 e. The molecule has 0 saturated heterocycles. The second kappa shape index (κ2) is 10.6. The molecule has 0 radical (unpaired) electrons. The van der Waals surface area contributed by atoms with Crippen molar-refractivity contribution < 1.29 is 14.7 Å². The van der Waals surface area contributed by atoms with E-state index in [1.165, 1.54) is 4.88 Å². The van der Waals surface area contributed by atoms with Gasteiger partial charge in [-0.3, -0.25) is 9.59 Å². The molecule has 2 aliphatic rings. The second-order valence-electron chi connectivity index (χ2n) is 11.4. The van der Waals surface area contributed by atoms with Crippen LogP contribution in [0.15, 0.2) is 30.3 Å². The van der Waals surface area contributed by atoms with Crippen LogP contribution < -0.4 is 5.32 Å². The van der Waals surface area contributed by atoms with Crippen LogP contribution in [0.4, 0.5) is 5.13 Å². The van der Waals surface area contributed by atoms with Gasteiger partial charge in [0.15, 0.2) is 5.13 Å². The van der Waals surface area contributed by atoms with Crippen molar-refractivity contribution in [2.24, 2.45) is 23.2 Å². The topological polar surface area (TPSA) is 85.8 Å². The smallest absolute Gasteiger partial charge is 0.240 e. The lowest BCUT2D eigenvalue weighted by Gasteiger charge is -2.53. The van der Waals surface area contributed by atoms with E-state index < -0.39 is 6.10 Å². The minimum atomic E-state index is -0.579. The van der Waals surface area contributed by atoms with Crippen LogP contribution in [-0.2, 0) is 22.6 Å². The molecule has 1 aromatic heterocycles.